The third-order valence-corrected chi connectivity index (χ3v) is 5.35. The van der Waals surface area contributed by atoms with Crippen LogP contribution in [0.3, 0.4) is 0 Å². The fourth-order valence-corrected chi connectivity index (χ4v) is 2.76. The summed E-state index contributed by atoms with van der Waals surface area (Å²) in [6.45, 7) is 6.55. The van der Waals surface area contributed by atoms with Gasteiger partial charge in [-0.25, -0.2) is 8.42 Å². The molecule has 0 fully saturated rings. The number of benzene rings is 1. The fourth-order valence-electron chi connectivity index (χ4n) is 1.84. The van der Waals surface area contributed by atoms with Crippen molar-refractivity contribution in [2.75, 3.05) is 13.3 Å². The highest BCUT2D eigenvalue weighted by atomic mass is 32.2. The van der Waals surface area contributed by atoms with Gasteiger partial charge < -0.3 is 0 Å². The van der Waals surface area contributed by atoms with Crippen LogP contribution in [0.5, 0.6) is 0 Å². The Hall–Kier alpha value is -0.870. The van der Waals surface area contributed by atoms with Gasteiger partial charge in [0.25, 0.3) is 0 Å². The van der Waals surface area contributed by atoms with Crippen LogP contribution in [0.15, 0.2) is 24.3 Å². The van der Waals surface area contributed by atoms with Crippen molar-refractivity contribution >= 4 is 9.84 Å². The maximum Gasteiger partial charge on any atom is 0.151 e. The van der Waals surface area contributed by atoms with Gasteiger partial charge in [-0.1, -0.05) is 29.8 Å². The molecule has 2 unspecified atom stereocenters. The van der Waals surface area contributed by atoms with Gasteiger partial charge in [0.05, 0.1) is 5.25 Å². The largest absolute Gasteiger partial charge is 0.298 e. The van der Waals surface area contributed by atoms with Crippen LogP contribution in [0.4, 0.5) is 0 Å². The minimum absolute atomic E-state index is 0.00121. The van der Waals surface area contributed by atoms with Crippen molar-refractivity contribution in [2.45, 2.75) is 38.6 Å². The second-order valence-electron chi connectivity index (χ2n) is 5.18. The first-order valence-corrected chi connectivity index (χ1v) is 8.12. The van der Waals surface area contributed by atoms with E-state index < -0.39 is 9.84 Å². The van der Waals surface area contributed by atoms with Crippen molar-refractivity contribution in [1.82, 2.24) is 4.90 Å². The quantitative estimate of drug-likeness (QED) is 0.823. The highest BCUT2D eigenvalue weighted by molar-refractivity contribution is 7.91. The number of rotatable bonds is 5. The van der Waals surface area contributed by atoms with Gasteiger partial charge in [-0.05, 0) is 33.4 Å². The summed E-state index contributed by atoms with van der Waals surface area (Å²) >= 11 is 0. The molecule has 0 saturated heterocycles. The first-order chi connectivity index (χ1) is 8.21. The van der Waals surface area contributed by atoms with Crippen molar-refractivity contribution in [3.8, 4) is 0 Å². The van der Waals surface area contributed by atoms with E-state index in [2.05, 4.69) is 36.1 Å². The van der Waals surface area contributed by atoms with E-state index in [0.717, 1.165) is 6.54 Å². The molecule has 0 aromatic heterocycles. The predicted octanol–water partition coefficient (Wildman–Crippen LogP) is 2.25. The van der Waals surface area contributed by atoms with Gasteiger partial charge in [0.1, 0.15) is 0 Å². The molecule has 0 amide bonds. The smallest absolute Gasteiger partial charge is 0.151 e. The van der Waals surface area contributed by atoms with Crippen LogP contribution in [-0.4, -0.2) is 37.9 Å². The Morgan fingerprint density at radius 2 is 1.67 bits per heavy atom. The molecule has 0 saturated carbocycles. The molecule has 0 spiro atoms. The molecule has 0 radical (unpaired) electrons. The lowest BCUT2D eigenvalue weighted by molar-refractivity contribution is 0.245. The highest BCUT2D eigenvalue weighted by Crippen LogP contribution is 2.13. The molecule has 1 aromatic carbocycles. The maximum absolute atomic E-state index is 11.5. The molecule has 3 nitrogen and oxygen atoms in total. The van der Waals surface area contributed by atoms with E-state index in [1.165, 1.54) is 17.4 Å². The average molecular weight is 269 g/mol. The van der Waals surface area contributed by atoms with Crippen LogP contribution in [0.25, 0.3) is 0 Å². The molecule has 0 heterocycles. The van der Waals surface area contributed by atoms with Gasteiger partial charge in [-0.3, -0.25) is 4.90 Å². The number of hydrogen-bond acceptors (Lipinski definition) is 3. The van der Waals surface area contributed by atoms with E-state index in [0.29, 0.717) is 0 Å². The Morgan fingerprint density at radius 3 is 2.11 bits per heavy atom. The van der Waals surface area contributed by atoms with Gasteiger partial charge in [0.2, 0.25) is 0 Å². The molecule has 0 aliphatic carbocycles. The van der Waals surface area contributed by atoms with Crippen LogP contribution in [0.1, 0.15) is 25.0 Å². The van der Waals surface area contributed by atoms with Crippen LogP contribution >= 0.6 is 0 Å². The summed E-state index contributed by atoms with van der Waals surface area (Å²) in [6, 6.07) is 8.33. The molecule has 4 heteroatoms. The summed E-state index contributed by atoms with van der Waals surface area (Å²) in [5.74, 6) is 0. The molecule has 18 heavy (non-hydrogen) atoms. The predicted molar refractivity (Wildman–Crippen MR) is 76.4 cm³/mol. The van der Waals surface area contributed by atoms with Crippen molar-refractivity contribution in [2.24, 2.45) is 0 Å². The van der Waals surface area contributed by atoms with E-state index in [1.54, 1.807) is 6.92 Å². The van der Waals surface area contributed by atoms with Crippen LogP contribution in [0.2, 0.25) is 0 Å². The second kappa shape index (κ2) is 5.85. The van der Waals surface area contributed by atoms with Crippen LogP contribution in [0, 0.1) is 6.92 Å². The third kappa shape index (κ3) is 4.10. The van der Waals surface area contributed by atoms with Crippen molar-refractivity contribution in [1.29, 1.82) is 0 Å². The first kappa shape index (κ1) is 15.2. The monoisotopic (exact) mass is 269 g/mol. The summed E-state index contributed by atoms with van der Waals surface area (Å²) in [5, 5.41) is -0.354. The van der Waals surface area contributed by atoms with Gasteiger partial charge >= 0.3 is 0 Å². The lowest BCUT2D eigenvalue weighted by Crippen LogP contribution is -2.40. The Kier molecular flexibility index (Phi) is 4.93. The minimum atomic E-state index is -2.99. The van der Waals surface area contributed by atoms with Gasteiger partial charge in [0.15, 0.2) is 9.84 Å². The van der Waals surface area contributed by atoms with E-state index in [1.807, 2.05) is 14.0 Å². The zero-order valence-electron chi connectivity index (χ0n) is 11.8. The normalized spacial score (nSPS) is 15.7. The number of sulfone groups is 1. The molecule has 102 valence electrons. The molecule has 0 bridgehead atoms. The summed E-state index contributed by atoms with van der Waals surface area (Å²) in [5.41, 5.74) is 2.44. The van der Waals surface area contributed by atoms with Crippen LogP contribution in [-0.2, 0) is 16.4 Å². The Bertz CT molecular complexity index is 479. The zero-order valence-corrected chi connectivity index (χ0v) is 12.7. The van der Waals surface area contributed by atoms with Crippen molar-refractivity contribution < 1.29 is 8.42 Å². The molecule has 0 aliphatic rings. The highest BCUT2D eigenvalue weighted by Gasteiger charge is 2.25. The average Bonchev–Trinajstić information content (AvgIpc) is 2.29. The van der Waals surface area contributed by atoms with E-state index in [9.17, 15) is 8.42 Å². The van der Waals surface area contributed by atoms with Crippen LogP contribution < -0.4 is 0 Å². The maximum atomic E-state index is 11.5. The zero-order chi connectivity index (χ0) is 13.9. The lowest BCUT2D eigenvalue weighted by Gasteiger charge is -2.28. The number of aryl methyl sites for hydroxylation is 1. The summed E-state index contributed by atoms with van der Waals surface area (Å²) in [6.07, 6.45) is 1.30. The summed E-state index contributed by atoms with van der Waals surface area (Å²) in [7, 11) is -1.02. The van der Waals surface area contributed by atoms with Crippen molar-refractivity contribution in [3.63, 3.8) is 0 Å². The van der Waals surface area contributed by atoms with E-state index >= 15 is 0 Å². The van der Waals surface area contributed by atoms with Gasteiger partial charge in [-0.2, -0.15) is 0 Å². The molecule has 0 aliphatic heterocycles. The number of nitrogens with zero attached hydrogens (tertiary/aromatic N) is 1. The Morgan fingerprint density at radius 1 is 1.17 bits per heavy atom. The lowest BCUT2D eigenvalue weighted by atomic mass is 10.1. The van der Waals surface area contributed by atoms with E-state index in [-0.39, 0.29) is 11.3 Å². The Labute approximate surface area is 111 Å². The minimum Gasteiger partial charge on any atom is -0.298 e. The summed E-state index contributed by atoms with van der Waals surface area (Å²) in [4.78, 5) is 2.08. The standard InChI is InChI=1S/C14H23NO2S/c1-11-6-8-14(9-7-11)10-15(4)12(2)13(3)18(5,16)17/h6-9,12-13H,10H2,1-5H3. The molecule has 1 aromatic rings. The third-order valence-electron chi connectivity index (χ3n) is 3.60. The second-order valence-corrected chi connectivity index (χ2v) is 7.58. The molecule has 0 N–H and O–H groups in total. The topological polar surface area (TPSA) is 37.4 Å². The van der Waals surface area contributed by atoms with Gasteiger partial charge in [-0.15, -0.1) is 0 Å². The van der Waals surface area contributed by atoms with Gasteiger partial charge in [0, 0.05) is 18.8 Å². The molecule has 1 rings (SSSR count). The summed E-state index contributed by atoms with van der Waals surface area (Å²) < 4.78 is 23.1. The SMILES string of the molecule is Cc1ccc(CN(C)C(C)C(C)S(C)(=O)=O)cc1. The number of hydrogen-bond donors (Lipinski definition) is 0. The molecular formula is C14H23NO2S. The molecule has 2 atom stereocenters. The first-order valence-electron chi connectivity index (χ1n) is 6.16. The van der Waals surface area contributed by atoms with E-state index in [4.69, 9.17) is 0 Å². The fraction of sp³-hybridized carbons (Fsp3) is 0.571. The van der Waals surface area contributed by atoms with Crippen molar-refractivity contribution in [3.05, 3.63) is 35.4 Å². The Balaban J connectivity index is 2.71. The molecular weight excluding hydrogens is 246 g/mol.